The van der Waals surface area contributed by atoms with Gasteiger partial charge in [0.25, 0.3) is 5.91 Å². The van der Waals surface area contributed by atoms with Crippen LogP contribution in [0.15, 0.2) is 18.2 Å². The third-order valence-corrected chi connectivity index (χ3v) is 5.83. The molecule has 1 aliphatic carbocycles. The molecule has 0 bridgehead atoms. The monoisotopic (exact) mass is 409 g/mol. The summed E-state index contributed by atoms with van der Waals surface area (Å²) in [5, 5.41) is 0.994. The molecule has 2 N–H and O–H groups in total. The van der Waals surface area contributed by atoms with Crippen LogP contribution in [0.25, 0.3) is 10.9 Å². The predicted octanol–water partition coefficient (Wildman–Crippen LogP) is 4.38. The Kier molecular flexibility index (Phi) is 6.45. The van der Waals surface area contributed by atoms with E-state index in [1.807, 2.05) is 4.90 Å². The lowest BCUT2D eigenvalue weighted by atomic mass is 9.90. The maximum atomic E-state index is 13.3. The summed E-state index contributed by atoms with van der Waals surface area (Å²) in [5.74, 6) is 0.668. The average Bonchev–Trinajstić information content (AvgIpc) is 3.36. The van der Waals surface area contributed by atoms with Crippen LogP contribution in [0.3, 0.4) is 0 Å². The zero-order valence-corrected chi connectivity index (χ0v) is 17.9. The Bertz CT molecular complexity index is 866. The number of hydrogen-bond donors (Lipinski definition) is 1. The van der Waals surface area contributed by atoms with Gasteiger partial charge in [0.1, 0.15) is 0 Å². The summed E-state index contributed by atoms with van der Waals surface area (Å²) in [6.45, 7) is 8.51. The van der Waals surface area contributed by atoms with Gasteiger partial charge in [-0.1, -0.05) is 18.6 Å². The topological polar surface area (TPSA) is 59.2 Å². The second-order valence-electron chi connectivity index (χ2n) is 8.34. The highest BCUT2D eigenvalue weighted by Gasteiger charge is 2.36. The summed E-state index contributed by atoms with van der Waals surface area (Å²) in [5.41, 5.74) is 11.2. The molecule has 4 rings (SSSR count). The SMILES string of the molecule is Cc1cc(C)c2nc(C3CC3)cc(C(=O)N3CCC(C)(CN)C3)c2c1.Cl.Cl. The molecule has 2 aliphatic rings. The molecule has 148 valence electrons. The van der Waals surface area contributed by atoms with Crippen LogP contribution in [0.2, 0.25) is 0 Å². The van der Waals surface area contributed by atoms with Gasteiger partial charge < -0.3 is 10.6 Å². The lowest BCUT2D eigenvalue weighted by Crippen LogP contribution is -2.34. The average molecular weight is 410 g/mol. The summed E-state index contributed by atoms with van der Waals surface area (Å²) in [6, 6.07) is 6.32. The van der Waals surface area contributed by atoms with Crippen molar-refractivity contribution in [2.24, 2.45) is 11.1 Å². The first-order valence-electron chi connectivity index (χ1n) is 9.31. The Morgan fingerprint density at radius 2 is 1.96 bits per heavy atom. The van der Waals surface area contributed by atoms with Gasteiger partial charge in [-0.25, -0.2) is 0 Å². The van der Waals surface area contributed by atoms with Crippen molar-refractivity contribution in [2.45, 2.75) is 46.0 Å². The normalized spacial score (nSPS) is 21.7. The molecular weight excluding hydrogens is 381 g/mol. The van der Waals surface area contributed by atoms with Gasteiger partial charge in [-0.05, 0) is 62.8 Å². The summed E-state index contributed by atoms with van der Waals surface area (Å²) < 4.78 is 0. The zero-order valence-electron chi connectivity index (χ0n) is 16.2. The van der Waals surface area contributed by atoms with Crippen LogP contribution in [0.1, 0.15) is 59.3 Å². The molecule has 0 spiro atoms. The molecule has 1 unspecified atom stereocenters. The molecule has 2 heterocycles. The molecule has 2 aromatic rings. The van der Waals surface area contributed by atoms with E-state index >= 15 is 0 Å². The molecule has 1 saturated carbocycles. The van der Waals surface area contributed by atoms with Crippen LogP contribution in [-0.2, 0) is 0 Å². The maximum absolute atomic E-state index is 13.3. The van der Waals surface area contributed by atoms with E-state index in [0.717, 1.165) is 47.2 Å². The predicted molar refractivity (Wildman–Crippen MR) is 115 cm³/mol. The highest BCUT2D eigenvalue weighted by molar-refractivity contribution is 6.07. The number of carbonyl (C=O) groups excluding carboxylic acids is 1. The largest absolute Gasteiger partial charge is 0.338 e. The van der Waals surface area contributed by atoms with Crippen LogP contribution < -0.4 is 5.73 Å². The van der Waals surface area contributed by atoms with E-state index in [1.165, 1.54) is 18.4 Å². The molecule has 4 nitrogen and oxygen atoms in total. The third-order valence-electron chi connectivity index (χ3n) is 5.83. The van der Waals surface area contributed by atoms with E-state index in [9.17, 15) is 4.79 Å². The molecule has 0 radical (unpaired) electrons. The lowest BCUT2D eigenvalue weighted by Gasteiger charge is -2.23. The quantitative estimate of drug-likeness (QED) is 0.817. The maximum Gasteiger partial charge on any atom is 0.254 e. The number of rotatable bonds is 3. The van der Waals surface area contributed by atoms with Gasteiger partial charge in [-0.15, -0.1) is 24.8 Å². The smallest absolute Gasteiger partial charge is 0.254 e. The number of nitrogens with two attached hydrogens (primary N) is 1. The highest BCUT2D eigenvalue weighted by atomic mass is 35.5. The van der Waals surface area contributed by atoms with E-state index in [0.29, 0.717) is 12.5 Å². The second-order valence-corrected chi connectivity index (χ2v) is 8.34. The molecule has 1 aliphatic heterocycles. The molecule has 2 fully saturated rings. The van der Waals surface area contributed by atoms with Crippen molar-refractivity contribution in [3.63, 3.8) is 0 Å². The van der Waals surface area contributed by atoms with Gasteiger partial charge in [0.2, 0.25) is 0 Å². The van der Waals surface area contributed by atoms with Gasteiger partial charge in [-0.2, -0.15) is 0 Å². The molecule has 1 amide bonds. The van der Waals surface area contributed by atoms with Crippen LogP contribution in [0.5, 0.6) is 0 Å². The number of halogens is 2. The number of hydrogen-bond acceptors (Lipinski definition) is 3. The summed E-state index contributed by atoms with van der Waals surface area (Å²) in [6.07, 6.45) is 3.35. The zero-order chi connectivity index (χ0) is 17.8. The van der Waals surface area contributed by atoms with E-state index in [4.69, 9.17) is 10.7 Å². The van der Waals surface area contributed by atoms with Crippen LogP contribution in [-0.4, -0.2) is 35.4 Å². The second kappa shape index (κ2) is 7.94. The Hall–Kier alpha value is -1.36. The van der Waals surface area contributed by atoms with Crippen molar-refractivity contribution in [2.75, 3.05) is 19.6 Å². The van der Waals surface area contributed by atoms with Crippen molar-refractivity contribution in [3.05, 3.63) is 40.6 Å². The van der Waals surface area contributed by atoms with Gasteiger partial charge in [0.05, 0.1) is 11.1 Å². The van der Waals surface area contributed by atoms with Crippen molar-refractivity contribution in [3.8, 4) is 0 Å². The number of fused-ring (bicyclic) bond motifs is 1. The highest BCUT2D eigenvalue weighted by Crippen LogP contribution is 2.41. The molecule has 27 heavy (non-hydrogen) atoms. The number of pyridine rings is 1. The number of likely N-dealkylation sites (tertiary alicyclic amines) is 1. The first-order chi connectivity index (χ1) is 11.9. The fourth-order valence-electron chi connectivity index (χ4n) is 4.00. The Labute approximate surface area is 173 Å². The standard InChI is InChI=1S/C21H27N3O.2ClH/c1-13-8-14(2)19-16(9-13)17(10-18(23-19)15-4-5-15)20(25)24-7-6-21(3,11-22)12-24;;/h8-10,15H,4-7,11-12,22H2,1-3H3;2*1H. The van der Waals surface area contributed by atoms with Gasteiger partial charge in [0, 0.05) is 30.1 Å². The van der Waals surface area contributed by atoms with Crippen LogP contribution in [0.4, 0.5) is 0 Å². The summed E-state index contributed by atoms with van der Waals surface area (Å²) in [7, 11) is 0. The number of carbonyl (C=O) groups is 1. The Morgan fingerprint density at radius 3 is 2.56 bits per heavy atom. The Morgan fingerprint density at radius 1 is 1.26 bits per heavy atom. The number of benzene rings is 1. The van der Waals surface area contributed by atoms with Crippen LogP contribution in [0, 0.1) is 19.3 Å². The first kappa shape index (κ1) is 21.9. The molecule has 1 aromatic carbocycles. The van der Waals surface area contributed by atoms with Gasteiger partial charge in [-0.3, -0.25) is 9.78 Å². The van der Waals surface area contributed by atoms with E-state index in [-0.39, 0.29) is 36.1 Å². The Balaban J connectivity index is 0.00000131. The minimum absolute atomic E-state index is 0. The van der Waals surface area contributed by atoms with Crippen molar-refractivity contribution in [1.29, 1.82) is 0 Å². The van der Waals surface area contributed by atoms with Gasteiger partial charge >= 0.3 is 0 Å². The molecule has 1 saturated heterocycles. The summed E-state index contributed by atoms with van der Waals surface area (Å²) in [4.78, 5) is 20.2. The van der Waals surface area contributed by atoms with E-state index in [2.05, 4.69) is 39.0 Å². The van der Waals surface area contributed by atoms with Crippen LogP contribution >= 0.6 is 24.8 Å². The van der Waals surface area contributed by atoms with Crippen molar-refractivity contribution in [1.82, 2.24) is 9.88 Å². The van der Waals surface area contributed by atoms with E-state index in [1.54, 1.807) is 0 Å². The molecule has 6 heteroatoms. The number of nitrogens with zero attached hydrogens (tertiary/aromatic N) is 2. The van der Waals surface area contributed by atoms with Crippen molar-refractivity contribution < 1.29 is 4.79 Å². The van der Waals surface area contributed by atoms with Gasteiger partial charge in [0.15, 0.2) is 0 Å². The molecular formula is C21H29Cl2N3O. The summed E-state index contributed by atoms with van der Waals surface area (Å²) >= 11 is 0. The minimum atomic E-state index is 0. The first-order valence-corrected chi connectivity index (χ1v) is 9.31. The van der Waals surface area contributed by atoms with E-state index < -0.39 is 0 Å². The fourth-order valence-corrected chi connectivity index (χ4v) is 4.00. The molecule has 1 atom stereocenters. The fraction of sp³-hybridized carbons (Fsp3) is 0.524. The molecule has 1 aromatic heterocycles. The third kappa shape index (κ3) is 4.08. The number of aryl methyl sites for hydroxylation is 2. The minimum Gasteiger partial charge on any atom is -0.338 e. The van der Waals surface area contributed by atoms with Crippen molar-refractivity contribution >= 4 is 41.6 Å². The number of aromatic nitrogens is 1. The number of amides is 1. The lowest BCUT2D eigenvalue weighted by molar-refractivity contribution is 0.0778.